The molecular formula is C20H21N5O. The lowest BCUT2D eigenvalue weighted by Crippen LogP contribution is -2.47. The Bertz CT molecular complexity index is 1030. The minimum Gasteiger partial charge on any atom is -0.304 e. The number of aromatic nitrogens is 4. The van der Waals surface area contributed by atoms with Crippen molar-refractivity contribution in [3.05, 3.63) is 47.7 Å². The zero-order chi connectivity index (χ0) is 17.9. The number of amides is 1. The van der Waals surface area contributed by atoms with Crippen molar-refractivity contribution in [2.45, 2.75) is 44.1 Å². The van der Waals surface area contributed by atoms with Gasteiger partial charge in [-0.3, -0.25) is 4.79 Å². The predicted octanol–water partition coefficient (Wildman–Crippen LogP) is 3.22. The fourth-order valence-electron chi connectivity index (χ4n) is 4.86. The lowest BCUT2D eigenvalue weighted by Gasteiger charge is -2.39. The Morgan fingerprint density at radius 3 is 2.96 bits per heavy atom. The van der Waals surface area contributed by atoms with Crippen LogP contribution in [0, 0.1) is 0 Å². The molecule has 5 rings (SSSR count). The molecule has 1 saturated carbocycles. The van der Waals surface area contributed by atoms with Gasteiger partial charge in [0.15, 0.2) is 5.65 Å². The number of benzene rings is 1. The van der Waals surface area contributed by atoms with Gasteiger partial charge in [-0.25, -0.2) is 9.67 Å². The normalized spacial score (nSPS) is 24.5. The Hall–Kier alpha value is -2.76. The third kappa shape index (κ3) is 1.92. The monoisotopic (exact) mass is 347 g/mol. The molecule has 3 heterocycles. The molecule has 0 bridgehead atoms. The number of pyridine rings is 1. The van der Waals surface area contributed by atoms with Crippen LogP contribution in [-0.2, 0) is 12.5 Å². The van der Waals surface area contributed by atoms with Crippen LogP contribution >= 0.6 is 0 Å². The highest BCUT2D eigenvalue weighted by Crippen LogP contribution is 2.52. The van der Waals surface area contributed by atoms with E-state index in [-0.39, 0.29) is 17.4 Å². The molecule has 1 fully saturated rings. The molecule has 0 N–H and O–H groups in total. The molecular weight excluding hydrogens is 326 g/mol. The molecule has 132 valence electrons. The molecule has 1 aliphatic heterocycles. The first-order valence-corrected chi connectivity index (χ1v) is 9.19. The summed E-state index contributed by atoms with van der Waals surface area (Å²) in [6.07, 6.45) is 6.20. The van der Waals surface area contributed by atoms with E-state index in [1.165, 1.54) is 12.0 Å². The highest BCUT2D eigenvalue weighted by Gasteiger charge is 2.50. The number of para-hydroxylation sites is 1. The summed E-state index contributed by atoms with van der Waals surface area (Å²) in [5.74, 6) is 0.000903. The average molecular weight is 347 g/mol. The van der Waals surface area contributed by atoms with Gasteiger partial charge >= 0.3 is 0 Å². The van der Waals surface area contributed by atoms with Gasteiger partial charge in [-0.05, 0) is 30.5 Å². The Labute approximate surface area is 151 Å². The number of anilines is 1. The maximum atomic E-state index is 13.7. The third-order valence-electron chi connectivity index (χ3n) is 6.19. The van der Waals surface area contributed by atoms with Crippen LogP contribution in [0.4, 0.5) is 5.69 Å². The van der Waals surface area contributed by atoms with Gasteiger partial charge in [0.05, 0.1) is 5.56 Å². The predicted molar refractivity (Wildman–Crippen MR) is 99.2 cm³/mol. The number of aryl methyl sites for hydroxylation is 1. The summed E-state index contributed by atoms with van der Waals surface area (Å²) < 4.78 is 1.61. The zero-order valence-corrected chi connectivity index (χ0v) is 15.0. The summed E-state index contributed by atoms with van der Waals surface area (Å²) in [5.41, 5.74) is 4.14. The van der Waals surface area contributed by atoms with Crippen molar-refractivity contribution in [2.75, 3.05) is 4.90 Å². The van der Waals surface area contributed by atoms with Crippen molar-refractivity contribution in [1.29, 1.82) is 0 Å². The molecule has 1 aliphatic carbocycles. The fourth-order valence-corrected chi connectivity index (χ4v) is 4.86. The standard InChI is InChI=1S/C20H21N5O/c1-20-11-6-5-9-16(20)25(15-8-4-3-7-14(15)20)19(26)13-10-12-21-18-17(13)22-23-24(18)2/h3-4,7-8,10,12,16H,5-6,9,11H2,1-2H3/t16-,20-/m0/s1. The Balaban J connectivity index is 1.68. The number of carbonyl (C=O) groups is 1. The number of rotatable bonds is 1. The minimum atomic E-state index is 0.000903. The van der Waals surface area contributed by atoms with E-state index in [0.717, 1.165) is 24.9 Å². The molecule has 1 amide bonds. The summed E-state index contributed by atoms with van der Waals surface area (Å²) in [7, 11) is 1.79. The zero-order valence-electron chi connectivity index (χ0n) is 15.0. The van der Waals surface area contributed by atoms with Crippen LogP contribution in [-0.4, -0.2) is 31.9 Å². The number of fused-ring (bicyclic) bond motifs is 4. The first kappa shape index (κ1) is 15.5. The van der Waals surface area contributed by atoms with Crippen molar-refractivity contribution < 1.29 is 4.79 Å². The van der Waals surface area contributed by atoms with Gasteiger partial charge in [-0.2, -0.15) is 0 Å². The molecule has 0 unspecified atom stereocenters. The molecule has 2 aromatic heterocycles. The van der Waals surface area contributed by atoms with E-state index in [1.54, 1.807) is 24.0 Å². The van der Waals surface area contributed by atoms with E-state index in [9.17, 15) is 4.79 Å². The first-order valence-electron chi connectivity index (χ1n) is 9.19. The average Bonchev–Trinajstić information content (AvgIpc) is 3.17. The van der Waals surface area contributed by atoms with E-state index in [4.69, 9.17) is 0 Å². The molecule has 1 aromatic carbocycles. The number of hydrogen-bond acceptors (Lipinski definition) is 4. The summed E-state index contributed by atoms with van der Waals surface area (Å²) in [6.45, 7) is 2.31. The molecule has 2 atom stereocenters. The van der Waals surface area contributed by atoms with E-state index in [2.05, 4.69) is 40.4 Å². The van der Waals surface area contributed by atoms with Crippen molar-refractivity contribution >= 4 is 22.8 Å². The first-order chi connectivity index (χ1) is 12.6. The molecule has 6 heteroatoms. The molecule has 3 aromatic rings. The van der Waals surface area contributed by atoms with Crippen LogP contribution in [0.15, 0.2) is 36.5 Å². The second kappa shape index (κ2) is 5.37. The maximum absolute atomic E-state index is 13.7. The van der Waals surface area contributed by atoms with Crippen LogP contribution in [0.5, 0.6) is 0 Å². The minimum absolute atomic E-state index is 0.000903. The summed E-state index contributed by atoms with van der Waals surface area (Å²) >= 11 is 0. The summed E-state index contributed by atoms with van der Waals surface area (Å²) in [6, 6.07) is 10.3. The number of hydrogen-bond donors (Lipinski definition) is 0. The van der Waals surface area contributed by atoms with E-state index in [1.807, 2.05) is 11.0 Å². The molecule has 0 saturated heterocycles. The molecule has 0 radical (unpaired) electrons. The van der Waals surface area contributed by atoms with E-state index < -0.39 is 0 Å². The lowest BCUT2D eigenvalue weighted by atomic mass is 9.69. The smallest absolute Gasteiger partial charge is 0.261 e. The molecule has 2 aliphatic rings. The van der Waals surface area contributed by atoms with Crippen LogP contribution in [0.25, 0.3) is 11.2 Å². The third-order valence-corrected chi connectivity index (χ3v) is 6.19. The highest BCUT2D eigenvalue weighted by atomic mass is 16.2. The van der Waals surface area contributed by atoms with Gasteiger partial charge < -0.3 is 4.90 Å². The second-order valence-electron chi connectivity index (χ2n) is 7.62. The summed E-state index contributed by atoms with van der Waals surface area (Å²) in [5, 5.41) is 8.23. The van der Waals surface area contributed by atoms with E-state index >= 15 is 0 Å². The topological polar surface area (TPSA) is 63.9 Å². The van der Waals surface area contributed by atoms with Crippen LogP contribution in [0.2, 0.25) is 0 Å². The van der Waals surface area contributed by atoms with Gasteiger partial charge in [0.2, 0.25) is 0 Å². The van der Waals surface area contributed by atoms with Crippen molar-refractivity contribution in [1.82, 2.24) is 20.0 Å². The van der Waals surface area contributed by atoms with E-state index in [0.29, 0.717) is 16.7 Å². The number of nitrogens with zero attached hydrogens (tertiary/aromatic N) is 5. The van der Waals surface area contributed by atoms with Gasteiger partial charge in [0.1, 0.15) is 5.52 Å². The van der Waals surface area contributed by atoms with Crippen molar-refractivity contribution in [2.24, 2.45) is 7.05 Å². The van der Waals surface area contributed by atoms with Crippen LogP contribution in [0.1, 0.15) is 48.5 Å². The van der Waals surface area contributed by atoms with Crippen molar-refractivity contribution in [3.63, 3.8) is 0 Å². The molecule has 26 heavy (non-hydrogen) atoms. The maximum Gasteiger partial charge on any atom is 0.261 e. The molecule has 0 spiro atoms. The molecule has 6 nitrogen and oxygen atoms in total. The number of carbonyl (C=O) groups excluding carboxylic acids is 1. The van der Waals surface area contributed by atoms with Gasteiger partial charge in [-0.15, -0.1) is 5.10 Å². The highest BCUT2D eigenvalue weighted by molar-refractivity contribution is 6.13. The van der Waals surface area contributed by atoms with Gasteiger partial charge in [-0.1, -0.05) is 43.2 Å². The van der Waals surface area contributed by atoms with Gasteiger partial charge in [0, 0.05) is 30.4 Å². The fraction of sp³-hybridized carbons (Fsp3) is 0.400. The van der Waals surface area contributed by atoms with Gasteiger partial charge in [0.25, 0.3) is 5.91 Å². The van der Waals surface area contributed by atoms with Crippen LogP contribution < -0.4 is 4.90 Å². The largest absolute Gasteiger partial charge is 0.304 e. The SMILES string of the molecule is Cn1nnc2c(C(=O)N3c4ccccc4[C@]4(C)CCCC[C@H]34)ccnc21. The lowest BCUT2D eigenvalue weighted by molar-refractivity contribution is 0.0963. The Morgan fingerprint density at radius 1 is 1.23 bits per heavy atom. The van der Waals surface area contributed by atoms with Crippen molar-refractivity contribution in [3.8, 4) is 0 Å². The Morgan fingerprint density at radius 2 is 2.08 bits per heavy atom. The Kier molecular flexibility index (Phi) is 3.20. The quantitative estimate of drug-likeness (QED) is 0.678. The second-order valence-corrected chi connectivity index (χ2v) is 7.62. The summed E-state index contributed by atoms with van der Waals surface area (Å²) in [4.78, 5) is 20.0. The van der Waals surface area contributed by atoms with Crippen LogP contribution in [0.3, 0.4) is 0 Å².